The van der Waals surface area contributed by atoms with Crippen LogP contribution in [0.5, 0.6) is 0 Å². The van der Waals surface area contributed by atoms with E-state index in [1.165, 1.54) is 32.1 Å². The molecule has 0 aliphatic heterocycles. The van der Waals surface area contributed by atoms with Crippen molar-refractivity contribution >= 4 is 0 Å². The van der Waals surface area contributed by atoms with Crippen LogP contribution in [0, 0.1) is 5.92 Å². The molecule has 4 nitrogen and oxygen atoms in total. The molecule has 96 valence electrons. The monoisotopic (exact) mass is 236 g/mol. The molecule has 1 heterocycles. The summed E-state index contributed by atoms with van der Waals surface area (Å²) in [5, 5.41) is 7.72. The van der Waals surface area contributed by atoms with E-state index in [9.17, 15) is 0 Å². The van der Waals surface area contributed by atoms with Gasteiger partial charge in [0.1, 0.15) is 12.2 Å². The van der Waals surface area contributed by atoms with E-state index in [-0.39, 0.29) is 0 Å². The molecule has 0 spiro atoms. The Hall–Kier alpha value is -0.900. The average Bonchev–Trinajstić information content (AvgIpc) is 2.95. The van der Waals surface area contributed by atoms with Gasteiger partial charge in [0.15, 0.2) is 0 Å². The quantitative estimate of drug-likeness (QED) is 0.772. The zero-order chi connectivity index (χ0) is 12.1. The number of hydrogen-bond acceptors (Lipinski definition) is 3. The van der Waals surface area contributed by atoms with Crippen LogP contribution in [-0.2, 0) is 6.54 Å². The van der Waals surface area contributed by atoms with Crippen molar-refractivity contribution in [3.05, 3.63) is 12.2 Å². The number of rotatable bonds is 6. The van der Waals surface area contributed by atoms with Crippen molar-refractivity contribution in [1.29, 1.82) is 0 Å². The van der Waals surface area contributed by atoms with E-state index in [0.717, 1.165) is 24.8 Å². The van der Waals surface area contributed by atoms with E-state index in [4.69, 9.17) is 0 Å². The fourth-order valence-electron chi connectivity index (χ4n) is 2.64. The van der Waals surface area contributed by atoms with Crippen LogP contribution in [0.4, 0.5) is 0 Å². The Kier molecular flexibility index (Phi) is 4.54. The van der Waals surface area contributed by atoms with Crippen LogP contribution in [0.3, 0.4) is 0 Å². The van der Waals surface area contributed by atoms with Crippen LogP contribution >= 0.6 is 0 Å². The standard InChI is InChI=1S/C13H24N4/c1-11(2)17-13(15-10-16-17)9-14-8-7-12-5-3-4-6-12/h10-12,14H,3-9H2,1-2H3. The van der Waals surface area contributed by atoms with Gasteiger partial charge in [-0.2, -0.15) is 5.10 Å². The molecular weight excluding hydrogens is 212 g/mol. The van der Waals surface area contributed by atoms with Crippen molar-refractivity contribution in [3.63, 3.8) is 0 Å². The Bertz CT molecular complexity index is 326. The average molecular weight is 236 g/mol. The molecular formula is C13H24N4. The Morgan fingerprint density at radius 2 is 2.18 bits per heavy atom. The maximum atomic E-state index is 4.30. The van der Waals surface area contributed by atoms with Gasteiger partial charge in [0.05, 0.1) is 6.54 Å². The van der Waals surface area contributed by atoms with Gasteiger partial charge in [-0.15, -0.1) is 0 Å². The third kappa shape index (κ3) is 3.53. The molecule has 0 unspecified atom stereocenters. The Morgan fingerprint density at radius 1 is 1.41 bits per heavy atom. The molecule has 1 aromatic heterocycles. The molecule has 1 aliphatic carbocycles. The lowest BCUT2D eigenvalue weighted by molar-refractivity contribution is 0.456. The van der Waals surface area contributed by atoms with Gasteiger partial charge in [-0.25, -0.2) is 9.67 Å². The highest BCUT2D eigenvalue weighted by Gasteiger charge is 2.14. The second-order valence-corrected chi connectivity index (χ2v) is 5.33. The number of nitrogens with one attached hydrogen (secondary N) is 1. The second kappa shape index (κ2) is 6.15. The highest BCUT2D eigenvalue weighted by molar-refractivity contribution is 4.85. The molecule has 0 aromatic carbocycles. The van der Waals surface area contributed by atoms with Crippen LogP contribution in [0.1, 0.15) is 57.8 Å². The maximum Gasteiger partial charge on any atom is 0.141 e. The maximum absolute atomic E-state index is 4.30. The minimum absolute atomic E-state index is 0.393. The van der Waals surface area contributed by atoms with E-state index in [0.29, 0.717) is 6.04 Å². The second-order valence-electron chi connectivity index (χ2n) is 5.33. The first-order valence-electron chi connectivity index (χ1n) is 6.86. The number of nitrogens with zero attached hydrogens (tertiary/aromatic N) is 3. The summed E-state index contributed by atoms with van der Waals surface area (Å²) < 4.78 is 1.99. The molecule has 17 heavy (non-hydrogen) atoms. The third-order valence-corrected chi connectivity index (χ3v) is 3.62. The van der Waals surface area contributed by atoms with E-state index in [2.05, 4.69) is 29.2 Å². The van der Waals surface area contributed by atoms with Crippen molar-refractivity contribution in [2.24, 2.45) is 5.92 Å². The van der Waals surface area contributed by atoms with Gasteiger partial charge in [0, 0.05) is 6.04 Å². The Morgan fingerprint density at radius 3 is 2.88 bits per heavy atom. The predicted octanol–water partition coefficient (Wildman–Crippen LogP) is 2.53. The largest absolute Gasteiger partial charge is 0.310 e. The molecule has 1 fully saturated rings. The molecule has 1 aromatic rings. The highest BCUT2D eigenvalue weighted by atomic mass is 15.3. The lowest BCUT2D eigenvalue weighted by Gasteiger charge is -2.11. The van der Waals surface area contributed by atoms with E-state index in [1.54, 1.807) is 6.33 Å². The molecule has 1 saturated carbocycles. The summed E-state index contributed by atoms with van der Waals surface area (Å²) in [6.45, 7) is 6.22. The van der Waals surface area contributed by atoms with Crippen molar-refractivity contribution in [3.8, 4) is 0 Å². The first kappa shape index (κ1) is 12.6. The van der Waals surface area contributed by atoms with Crippen LogP contribution < -0.4 is 5.32 Å². The molecule has 0 saturated heterocycles. The molecule has 1 aliphatic rings. The summed E-state index contributed by atoms with van der Waals surface area (Å²) in [5.74, 6) is 2.01. The van der Waals surface area contributed by atoms with E-state index >= 15 is 0 Å². The van der Waals surface area contributed by atoms with Crippen molar-refractivity contribution < 1.29 is 0 Å². The summed E-state index contributed by atoms with van der Waals surface area (Å²) >= 11 is 0. The first-order valence-corrected chi connectivity index (χ1v) is 6.86. The molecule has 0 atom stereocenters. The van der Waals surface area contributed by atoms with Gasteiger partial charge in [-0.1, -0.05) is 25.7 Å². The molecule has 2 rings (SSSR count). The Labute approximate surface area is 104 Å². The third-order valence-electron chi connectivity index (χ3n) is 3.62. The molecule has 0 radical (unpaired) electrons. The minimum Gasteiger partial charge on any atom is -0.310 e. The van der Waals surface area contributed by atoms with Crippen molar-refractivity contribution in [2.75, 3.05) is 6.54 Å². The fourth-order valence-corrected chi connectivity index (χ4v) is 2.64. The molecule has 0 bridgehead atoms. The van der Waals surface area contributed by atoms with Gasteiger partial charge in [-0.3, -0.25) is 0 Å². The normalized spacial score (nSPS) is 17.1. The first-order chi connectivity index (χ1) is 8.27. The number of hydrogen-bond donors (Lipinski definition) is 1. The van der Waals surface area contributed by atoms with Crippen molar-refractivity contribution in [2.45, 2.75) is 58.5 Å². The van der Waals surface area contributed by atoms with E-state index in [1.807, 2.05) is 4.68 Å². The van der Waals surface area contributed by atoms with Gasteiger partial charge < -0.3 is 5.32 Å². The zero-order valence-corrected chi connectivity index (χ0v) is 11.0. The minimum atomic E-state index is 0.393. The summed E-state index contributed by atoms with van der Waals surface area (Å²) in [4.78, 5) is 4.30. The summed E-state index contributed by atoms with van der Waals surface area (Å²) in [6, 6.07) is 0.393. The SMILES string of the molecule is CC(C)n1ncnc1CNCCC1CCCC1. The topological polar surface area (TPSA) is 42.7 Å². The molecule has 4 heteroatoms. The smallest absolute Gasteiger partial charge is 0.141 e. The number of aromatic nitrogens is 3. The van der Waals surface area contributed by atoms with Gasteiger partial charge in [-0.05, 0) is 32.7 Å². The van der Waals surface area contributed by atoms with Crippen LogP contribution in [0.25, 0.3) is 0 Å². The van der Waals surface area contributed by atoms with Gasteiger partial charge >= 0.3 is 0 Å². The summed E-state index contributed by atoms with van der Waals surface area (Å²) in [6.07, 6.45) is 8.70. The zero-order valence-electron chi connectivity index (χ0n) is 11.0. The Balaban J connectivity index is 1.68. The molecule has 1 N–H and O–H groups in total. The summed E-state index contributed by atoms with van der Waals surface area (Å²) in [7, 11) is 0. The molecule has 0 amide bonds. The van der Waals surface area contributed by atoms with Gasteiger partial charge in [0.2, 0.25) is 0 Å². The van der Waals surface area contributed by atoms with Crippen LogP contribution in [0.2, 0.25) is 0 Å². The van der Waals surface area contributed by atoms with Gasteiger partial charge in [0.25, 0.3) is 0 Å². The lowest BCUT2D eigenvalue weighted by atomic mass is 10.0. The lowest BCUT2D eigenvalue weighted by Crippen LogP contribution is -2.20. The van der Waals surface area contributed by atoms with Crippen molar-refractivity contribution in [1.82, 2.24) is 20.1 Å². The van der Waals surface area contributed by atoms with Crippen LogP contribution in [-0.4, -0.2) is 21.3 Å². The van der Waals surface area contributed by atoms with Crippen LogP contribution in [0.15, 0.2) is 6.33 Å². The van der Waals surface area contributed by atoms with E-state index < -0.39 is 0 Å². The predicted molar refractivity (Wildman–Crippen MR) is 68.7 cm³/mol. The highest BCUT2D eigenvalue weighted by Crippen LogP contribution is 2.26. The fraction of sp³-hybridized carbons (Fsp3) is 0.846. The summed E-state index contributed by atoms with van der Waals surface area (Å²) in [5.41, 5.74) is 0.